The van der Waals surface area contributed by atoms with E-state index in [1.165, 1.54) is 27.8 Å². The molecule has 0 atom stereocenters. The molecule has 0 saturated heterocycles. The van der Waals surface area contributed by atoms with Gasteiger partial charge in [0, 0.05) is 17.8 Å². The lowest BCUT2D eigenvalue weighted by atomic mass is 9.92. The molecule has 7 rings (SSSR count). The van der Waals surface area contributed by atoms with Gasteiger partial charge in [0.2, 0.25) is 0 Å². The van der Waals surface area contributed by atoms with E-state index < -0.39 is 0 Å². The third kappa shape index (κ3) is 3.57. The molecule has 0 amide bonds. The predicted molar refractivity (Wildman–Crippen MR) is 107 cm³/mol. The minimum absolute atomic E-state index is 0.392. The summed E-state index contributed by atoms with van der Waals surface area (Å²) in [5.41, 5.74) is 8.17. The summed E-state index contributed by atoms with van der Waals surface area (Å²) < 4.78 is 1.98. The van der Waals surface area contributed by atoms with E-state index >= 15 is 0 Å². The van der Waals surface area contributed by atoms with Crippen molar-refractivity contribution in [2.24, 2.45) is 0 Å². The first kappa shape index (κ1) is 17.3. The van der Waals surface area contributed by atoms with Crippen molar-refractivity contribution in [1.82, 2.24) is 4.57 Å². The van der Waals surface area contributed by atoms with Crippen LogP contribution in [0.1, 0.15) is 39.2 Å². The summed E-state index contributed by atoms with van der Waals surface area (Å²) in [6, 6.07) is 21.8. The molecular formula is C24H22N2O. The average molecular weight is 354 g/mol. The van der Waals surface area contributed by atoms with Crippen molar-refractivity contribution >= 4 is 6.29 Å². The molecule has 134 valence electrons. The molecule has 0 saturated carbocycles. The lowest BCUT2D eigenvalue weighted by Gasteiger charge is -2.17. The molecule has 0 fully saturated rings. The molecule has 2 aromatic carbocycles. The first-order chi connectivity index (χ1) is 13.3. The van der Waals surface area contributed by atoms with Crippen LogP contribution in [0.4, 0.5) is 0 Å². The van der Waals surface area contributed by atoms with Gasteiger partial charge in [0.25, 0.3) is 0 Å². The molecule has 3 aromatic rings. The normalized spacial score (nSPS) is 13.0. The number of rotatable bonds is 4. The Kier molecular flexibility index (Phi) is 4.89. The van der Waals surface area contributed by atoms with E-state index in [1.807, 2.05) is 16.7 Å². The standard InChI is InChI=1S/C24H22N2O/c25-14-1-15-26-22(17-27)12-13-24(26)23-16-20-7-6-18-2-4-19(5-3-18)8-10-21(23)11-9-20/h2-5,9,11-13,16-17H,1,6-8,10,15H2. The lowest BCUT2D eigenvalue weighted by Crippen LogP contribution is -2.06. The summed E-state index contributed by atoms with van der Waals surface area (Å²) in [4.78, 5) is 11.5. The molecule has 4 bridgehead atoms. The molecule has 3 heteroatoms. The van der Waals surface area contributed by atoms with E-state index in [0.29, 0.717) is 18.7 Å². The number of nitrogens with zero attached hydrogens (tertiary/aromatic N) is 2. The molecule has 27 heavy (non-hydrogen) atoms. The Morgan fingerprint density at radius 2 is 1.56 bits per heavy atom. The van der Waals surface area contributed by atoms with Gasteiger partial charge in [-0.3, -0.25) is 4.79 Å². The highest BCUT2D eigenvalue weighted by Crippen LogP contribution is 2.29. The number of aromatic nitrogens is 1. The fraction of sp³-hybridized carbons (Fsp3) is 0.250. The van der Waals surface area contributed by atoms with Gasteiger partial charge in [-0.05, 0) is 66.1 Å². The van der Waals surface area contributed by atoms with Crippen molar-refractivity contribution in [3.8, 4) is 17.3 Å². The highest BCUT2D eigenvalue weighted by molar-refractivity contribution is 5.77. The van der Waals surface area contributed by atoms with E-state index in [4.69, 9.17) is 5.26 Å². The van der Waals surface area contributed by atoms with Crippen LogP contribution in [0, 0.1) is 11.3 Å². The number of aldehydes is 1. The Morgan fingerprint density at radius 3 is 2.26 bits per heavy atom. The van der Waals surface area contributed by atoms with Gasteiger partial charge in [-0.2, -0.15) is 5.26 Å². The van der Waals surface area contributed by atoms with E-state index in [1.54, 1.807) is 0 Å². The molecule has 0 radical (unpaired) electrons. The number of carbonyl (C=O) groups excluding carboxylic acids is 1. The molecule has 1 heterocycles. The highest BCUT2D eigenvalue weighted by Gasteiger charge is 2.15. The Bertz CT molecular complexity index is 1010. The highest BCUT2D eigenvalue weighted by atomic mass is 16.1. The van der Waals surface area contributed by atoms with Crippen molar-refractivity contribution in [2.75, 3.05) is 0 Å². The van der Waals surface area contributed by atoms with Crippen molar-refractivity contribution < 1.29 is 4.79 Å². The summed E-state index contributed by atoms with van der Waals surface area (Å²) >= 11 is 0. The molecule has 0 unspecified atom stereocenters. The smallest absolute Gasteiger partial charge is 0.166 e. The topological polar surface area (TPSA) is 45.8 Å². The SMILES string of the molecule is N#CCCn1c(C=O)ccc1-c1cc2ccc1CCc1ccc(cc1)CC2. The van der Waals surface area contributed by atoms with E-state index in [2.05, 4.69) is 48.5 Å². The summed E-state index contributed by atoms with van der Waals surface area (Å²) in [5, 5.41) is 9.00. The summed E-state index contributed by atoms with van der Waals surface area (Å²) in [6.07, 6.45) is 5.23. The van der Waals surface area contributed by atoms with Crippen LogP contribution in [0.5, 0.6) is 0 Å². The van der Waals surface area contributed by atoms with Crippen molar-refractivity contribution in [3.63, 3.8) is 0 Å². The molecule has 1 aromatic heterocycles. The maximum Gasteiger partial charge on any atom is 0.166 e. The van der Waals surface area contributed by atoms with Crippen LogP contribution in [0.3, 0.4) is 0 Å². The second-order valence-corrected chi connectivity index (χ2v) is 7.13. The minimum atomic E-state index is 0.392. The van der Waals surface area contributed by atoms with Gasteiger partial charge in [0.1, 0.15) is 0 Å². The predicted octanol–water partition coefficient (Wildman–Crippen LogP) is 4.77. The van der Waals surface area contributed by atoms with Gasteiger partial charge in [0.15, 0.2) is 6.29 Å². The Balaban J connectivity index is 1.79. The molecule has 0 spiro atoms. The van der Waals surface area contributed by atoms with Gasteiger partial charge in [-0.15, -0.1) is 0 Å². The fourth-order valence-electron chi connectivity index (χ4n) is 3.91. The largest absolute Gasteiger partial charge is 0.337 e. The second-order valence-electron chi connectivity index (χ2n) is 7.13. The van der Waals surface area contributed by atoms with Gasteiger partial charge < -0.3 is 4.57 Å². The van der Waals surface area contributed by atoms with Gasteiger partial charge in [-0.25, -0.2) is 0 Å². The summed E-state index contributed by atoms with van der Waals surface area (Å²) in [6.45, 7) is 0.539. The number of nitriles is 1. The summed E-state index contributed by atoms with van der Waals surface area (Å²) in [5.74, 6) is 0. The van der Waals surface area contributed by atoms with Crippen LogP contribution >= 0.6 is 0 Å². The molecule has 0 aliphatic heterocycles. The molecule has 4 aliphatic carbocycles. The first-order valence-corrected chi connectivity index (χ1v) is 9.50. The zero-order valence-electron chi connectivity index (χ0n) is 15.3. The van der Waals surface area contributed by atoms with Crippen LogP contribution in [-0.2, 0) is 32.2 Å². The first-order valence-electron chi connectivity index (χ1n) is 9.50. The number of hydrogen-bond acceptors (Lipinski definition) is 2. The van der Waals surface area contributed by atoms with Crippen LogP contribution in [0.2, 0.25) is 0 Å². The minimum Gasteiger partial charge on any atom is -0.337 e. The Hall–Kier alpha value is -3.12. The van der Waals surface area contributed by atoms with Gasteiger partial charge in [-0.1, -0.05) is 36.4 Å². The number of aryl methyl sites for hydroxylation is 4. The van der Waals surface area contributed by atoms with Gasteiger partial charge >= 0.3 is 0 Å². The average Bonchev–Trinajstić information content (AvgIpc) is 3.11. The quantitative estimate of drug-likeness (QED) is 0.634. The zero-order valence-corrected chi connectivity index (χ0v) is 15.3. The molecule has 4 aliphatic rings. The fourth-order valence-corrected chi connectivity index (χ4v) is 3.91. The van der Waals surface area contributed by atoms with Crippen molar-refractivity contribution in [2.45, 2.75) is 38.6 Å². The Labute approximate surface area is 159 Å². The molecular weight excluding hydrogens is 332 g/mol. The lowest BCUT2D eigenvalue weighted by molar-refractivity contribution is 0.111. The van der Waals surface area contributed by atoms with Crippen LogP contribution in [0.25, 0.3) is 11.3 Å². The third-order valence-electron chi connectivity index (χ3n) is 5.44. The molecule has 3 nitrogen and oxygen atoms in total. The maximum atomic E-state index is 11.5. The van der Waals surface area contributed by atoms with E-state index in [9.17, 15) is 4.79 Å². The summed E-state index contributed by atoms with van der Waals surface area (Å²) in [7, 11) is 0. The molecule has 0 N–H and O–H groups in total. The van der Waals surface area contributed by atoms with E-state index in [-0.39, 0.29) is 0 Å². The Morgan fingerprint density at radius 1 is 0.889 bits per heavy atom. The monoisotopic (exact) mass is 354 g/mol. The third-order valence-corrected chi connectivity index (χ3v) is 5.44. The number of carbonyl (C=O) groups is 1. The maximum absolute atomic E-state index is 11.5. The second kappa shape index (κ2) is 7.63. The number of benzene rings is 2. The van der Waals surface area contributed by atoms with Gasteiger partial charge in [0.05, 0.1) is 18.2 Å². The zero-order chi connectivity index (χ0) is 18.6. The van der Waals surface area contributed by atoms with Crippen LogP contribution in [-0.4, -0.2) is 10.9 Å². The number of hydrogen-bond donors (Lipinski definition) is 0. The van der Waals surface area contributed by atoms with Crippen LogP contribution in [0.15, 0.2) is 54.6 Å². The van der Waals surface area contributed by atoms with Crippen molar-refractivity contribution in [3.05, 3.63) is 82.5 Å². The van der Waals surface area contributed by atoms with Crippen LogP contribution < -0.4 is 0 Å². The van der Waals surface area contributed by atoms with E-state index in [0.717, 1.165) is 37.7 Å². The van der Waals surface area contributed by atoms with Crippen molar-refractivity contribution in [1.29, 1.82) is 5.26 Å².